The minimum absolute atomic E-state index is 0.0834. The Kier molecular flexibility index (Phi) is 5.65. The third kappa shape index (κ3) is 4.37. The summed E-state index contributed by atoms with van der Waals surface area (Å²) < 4.78 is 41.7. The zero-order valence-corrected chi connectivity index (χ0v) is 18.9. The second-order valence-electron chi connectivity index (χ2n) is 7.75. The van der Waals surface area contributed by atoms with Crippen LogP contribution in [-0.2, 0) is 16.6 Å². The smallest absolute Gasteiger partial charge is 0.263 e. The van der Waals surface area contributed by atoms with Crippen molar-refractivity contribution in [2.24, 2.45) is 0 Å². The summed E-state index contributed by atoms with van der Waals surface area (Å²) in [6.07, 6.45) is 3.55. The van der Waals surface area contributed by atoms with E-state index in [9.17, 15) is 8.42 Å². The Hall–Kier alpha value is -3.57. The molecule has 10 nitrogen and oxygen atoms in total. The average molecular weight is 469 g/mol. The number of rotatable bonds is 7. The first kappa shape index (κ1) is 21.3. The van der Waals surface area contributed by atoms with Gasteiger partial charge in [0.15, 0.2) is 11.4 Å². The summed E-state index contributed by atoms with van der Waals surface area (Å²) in [5.74, 6) is 0.545. The summed E-state index contributed by atoms with van der Waals surface area (Å²) >= 11 is 0. The lowest BCUT2D eigenvalue weighted by Gasteiger charge is -2.29. The standard InChI is InChI=1S/C22H24N6O4S/c1-31-19-12-16(15-28-9-3-6-24-28)13-20-21(19)22(25-32-20)26-33(29,30)18-5-2-4-17(14-18)27-10-7-23-8-11-27/h2-6,9,12-14,23H,7-8,10-11,15H2,1H3,(H,25,26). The second-order valence-corrected chi connectivity index (χ2v) is 9.43. The fraction of sp³-hybridized carbons (Fsp3) is 0.273. The minimum atomic E-state index is -3.90. The molecule has 0 unspecified atom stereocenters. The van der Waals surface area contributed by atoms with Crippen LogP contribution < -0.4 is 19.7 Å². The molecule has 0 bridgehead atoms. The summed E-state index contributed by atoms with van der Waals surface area (Å²) in [6, 6.07) is 12.4. The molecule has 2 aromatic carbocycles. The van der Waals surface area contributed by atoms with Crippen molar-refractivity contribution in [3.63, 3.8) is 0 Å². The zero-order chi connectivity index (χ0) is 22.8. The molecule has 11 heteroatoms. The normalized spacial score (nSPS) is 14.5. The number of methoxy groups -OCH3 is 1. The number of benzene rings is 2. The summed E-state index contributed by atoms with van der Waals surface area (Å²) in [5, 5.41) is 11.9. The highest BCUT2D eigenvalue weighted by Gasteiger charge is 2.23. The van der Waals surface area contributed by atoms with E-state index in [0.717, 1.165) is 37.4 Å². The molecule has 0 saturated carbocycles. The number of hydrogen-bond donors (Lipinski definition) is 2. The fourth-order valence-corrected chi connectivity index (χ4v) is 4.99. The van der Waals surface area contributed by atoms with Gasteiger partial charge in [-0.2, -0.15) is 5.10 Å². The molecule has 5 rings (SSSR count). The van der Waals surface area contributed by atoms with Gasteiger partial charge in [0, 0.05) is 44.3 Å². The summed E-state index contributed by atoms with van der Waals surface area (Å²) in [7, 11) is -2.37. The Morgan fingerprint density at radius 2 is 2.03 bits per heavy atom. The van der Waals surface area contributed by atoms with E-state index in [1.165, 1.54) is 7.11 Å². The molecule has 3 heterocycles. The maximum atomic E-state index is 13.2. The first-order valence-electron chi connectivity index (χ1n) is 10.6. The van der Waals surface area contributed by atoms with Crippen LogP contribution in [0.5, 0.6) is 5.75 Å². The van der Waals surface area contributed by atoms with Gasteiger partial charge < -0.3 is 19.5 Å². The quantitative estimate of drug-likeness (QED) is 0.425. The highest BCUT2D eigenvalue weighted by Crippen LogP contribution is 2.35. The summed E-state index contributed by atoms with van der Waals surface area (Å²) in [5.41, 5.74) is 2.17. The molecule has 1 fully saturated rings. The van der Waals surface area contributed by atoms with Crippen LogP contribution in [0.1, 0.15) is 5.56 Å². The topological polar surface area (TPSA) is 115 Å². The fourth-order valence-electron chi connectivity index (χ4n) is 3.95. The third-order valence-electron chi connectivity index (χ3n) is 5.56. The van der Waals surface area contributed by atoms with Crippen molar-refractivity contribution in [3.05, 3.63) is 60.4 Å². The Balaban J connectivity index is 1.45. The average Bonchev–Trinajstić information content (AvgIpc) is 3.49. The van der Waals surface area contributed by atoms with E-state index in [0.29, 0.717) is 23.3 Å². The molecule has 0 atom stereocenters. The predicted octanol–water partition coefficient (Wildman–Crippen LogP) is 2.29. The third-order valence-corrected chi connectivity index (χ3v) is 6.90. The van der Waals surface area contributed by atoms with Crippen molar-refractivity contribution >= 4 is 32.5 Å². The van der Waals surface area contributed by atoms with Gasteiger partial charge in [0.2, 0.25) is 0 Å². The SMILES string of the molecule is COc1cc(Cn2cccn2)cc2onc(NS(=O)(=O)c3cccc(N4CCNCC4)c3)c12. The van der Waals surface area contributed by atoms with E-state index >= 15 is 0 Å². The Morgan fingerprint density at radius 3 is 2.79 bits per heavy atom. The molecule has 2 aromatic heterocycles. The number of sulfonamides is 1. The molecule has 1 saturated heterocycles. The van der Waals surface area contributed by atoms with Crippen LogP contribution in [0.4, 0.5) is 11.5 Å². The van der Waals surface area contributed by atoms with Crippen molar-refractivity contribution in [2.45, 2.75) is 11.4 Å². The van der Waals surface area contributed by atoms with E-state index in [1.54, 1.807) is 35.1 Å². The predicted molar refractivity (Wildman–Crippen MR) is 124 cm³/mol. The lowest BCUT2D eigenvalue weighted by atomic mass is 10.1. The molecule has 33 heavy (non-hydrogen) atoms. The first-order valence-corrected chi connectivity index (χ1v) is 12.0. The number of anilines is 2. The van der Waals surface area contributed by atoms with Gasteiger partial charge >= 0.3 is 0 Å². The van der Waals surface area contributed by atoms with Gasteiger partial charge in [-0.15, -0.1) is 0 Å². The van der Waals surface area contributed by atoms with Gasteiger partial charge in [0.25, 0.3) is 10.0 Å². The molecular weight excluding hydrogens is 444 g/mol. The lowest BCUT2D eigenvalue weighted by Crippen LogP contribution is -2.43. The molecule has 1 aliphatic rings. The van der Waals surface area contributed by atoms with Crippen molar-refractivity contribution in [1.29, 1.82) is 0 Å². The molecule has 2 N–H and O–H groups in total. The van der Waals surface area contributed by atoms with Crippen molar-refractivity contribution in [3.8, 4) is 5.75 Å². The van der Waals surface area contributed by atoms with Gasteiger partial charge in [-0.1, -0.05) is 11.2 Å². The van der Waals surface area contributed by atoms with E-state index in [4.69, 9.17) is 9.26 Å². The number of ether oxygens (including phenoxy) is 1. The van der Waals surface area contributed by atoms with E-state index in [1.807, 2.05) is 24.4 Å². The molecular formula is C22H24N6O4S. The lowest BCUT2D eigenvalue weighted by molar-refractivity contribution is 0.418. The highest BCUT2D eigenvalue weighted by molar-refractivity contribution is 7.92. The van der Waals surface area contributed by atoms with Crippen LogP contribution in [0.3, 0.4) is 0 Å². The Labute approximate surface area is 191 Å². The van der Waals surface area contributed by atoms with E-state index < -0.39 is 10.0 Å². The van der Waals surface area contributed by atoms with Gasteiger partial charge in [-0.05, 0) is 42.0 Å². The molecule has 172 valence electrons. The molecule has 0 aliphatic carbocycles. The molecule has 4 aromatic rings. The molecule has 0 spiro atoms. The number of nitrogens with zero attached hydrogens (tertiary/aromatic N) is 4. The minimum Gasteiger partial charge on any atom is -0.496 e. The second kappa shape index (κ2) is 8.75. The van der Waals surface area contributed by atoms with Crippen LogP contribution in [0.25, 0.3) is 11.0 Å². The summed E-state index contributed by atoms with van der Waals surface area (Å²) in [4.78, 5) is 2.31. The van der Waals surface area contributed by atoms with Crippen molar-refractivity contribution in [2.75, 3.05) is 42.9 Å². The van der Waals surface area contributed by atoms with E-state index in [2.05, 4.69) is 25.2 Å². The largest absolute Gasteiger partial charge is 0.496 e. The number of hydrogen-bond acceptors (Lipinski definition) is 8. The molecule has 0 amide bonds. The van der Waals surface area contributed by atoms with Crippen molar-refractivity contribution < 1.29 is 17.7 Å². The number of aromatic nitrogens is 3. The molecule has 0 radical (unpaired) electrons. The van der Waals surface area contributed by atoms with E-state index in [-0.39, 0.29) is 10.7 Å². The van der Waals surface area contributed by atoms with Crippen LogP contribution in [0.15, 0.2) is 64.3 Å². The number of fused-ring (bicyclic) bond motifs is 1. The van der Waals surface area contributed by atoms with Crippen molar-refractivity contribution in [1.82, 2.24) is 20.3 Å². The first-order chi connectivity index (χ1) is 16.0. The molecule has 1 aliphatic heterocycles. The maximum Gasteiger partial charge on any atom is 0.263 e. The van der Waals surface area contributed by atoms with Crippen LogP contribution in [0.2, 0.25) is 0 Å². The highest BCUT2D eigenvalue weighted by atomic mass is 32.2. The van der Waals surface area contributed by atoms with Gasteiger partial charge in [0.05, 0.1) is 18.6 Å². The zero-order valence-electron chi connectivity index (χ0n) is 18.1. The van der Waals surface area contributed by atoms with Crippen LogP contribution in [0, 0.1) is 0 Å². The Morgan fingerprint density at radius 1 is 1.18 bits per heavy atom. The maximum absolute atomic E-state index is 13.2. The summed E-state index contributed by atoms with van der Waals surface area (Å²) in [6.45, 7) is 3.89. The van der Waals surface area contributed by atoms with Gasteiger partial charge in [0.1, 0.15) is 11.1 Å². The van der Waals surface area contributed by atoms with Gasteiger partial charge in [-0.25, -0.2) is 8.42 Å². The Bertz CT molecular complexity index is 1360. The number of nitrogens with one attached hydrogen (secondary N) is 2. The van der Waals surface area contributed by atoms with Crippen LogP contribution >= 0.6 is 0 Å². The van der Waals surface area contributed by atoms with Crippen LogP contribution in [-0.4, -0.2) is 56.6 Å². The number of piperazine rings is 1. The van der Waals surface area contributed by atoms with Gasteiger partial charge in [-0.3, -0.25) is 9.40 Å². The monoisotopic (exact) mass is 468 g/mol.